The second-order valence-corrected chi connectivity index (χ2v) is 8.25. The van der Waals surface area contributed by atoms with Crippen molar-refractivity contribution >= 4 is 16.8 Å². The fourth-order valence-corrected chi connectivity index (χ4v) is 4.75. The normalized spacial score (nSPS) is 17.8. The summed E-state index contributed by atoms with van der Waals surface area (Å²) in [7, 11) is 0. The van der Waals surface area contributed by atoms with Crippen molar-refractivity contribution in [1.29, 1.82) is 0 Å². The molecule has 0 bridgehead atoms. The third-order valence-electron chi connectivity index (χ3n) is 6.36. The number of aryl methyl sites for hydroxylation is 1. The molecule has 2 aliphatic rings. The highest BCUT2D eigenvalue weighted by Gasteiger charge is 2.27. The number of amides is 1. The van der Waals surface area contributed by atoms with Gasteiger partial charge in [-0.15, -0.1) is 0 Å². The van der Waals surface area contributed by atoms with Gasteiger partial charge in [-0.3, -0.25) is 9.69 Å². The van der Waals surface area contributed by atoms with E-state index < -0.39 is 6.43 Å². The number of likely N-dealkylation sites (tertiary alicyclic amines) is 1. The monoisotopic (exact) mass is 419 g/mol. The van der Waals surface area contributed by atoms with Crippen LogP contribution in [0, 0.1) is 5.92 Å². The van der Waals surface area contributed by atoms with Crippen molar-refractivity contribution in [3.8, 4) is 0 Å². The Morgan fingerprint density at radius 1 is 1.17 bits per heavy atom. The van der Waals surface area contributed by atoms with Crippen LogP contribution < -0.4 is 0 Å². The van der Waals surface area contributed by atoms with E-state index in [0.29, 0.717) is 24.6 Å². The van der Waals surface area contributed by atoms with Gasteiger partial charge in [0.2, 0.25) is 0 Å². The Bertz CT molecular complexity index is 869. The Morgan fingerprint density at radius 2 is 1.87 bits per heavy atom. The van der Waals surface area contributed by atoms with Gasteiger partial charge in [0.05, 0.1) is 6.54 Å². The molecular weight excluding hydrogens is 384 g/mol. The standard InChI is InChI=1S/C22H29F2N3O.C2H6/c1-3-27-19-5-4-16(22(28)26-10-6-15(2)7-11-26)12-17(19)18-13-25(14-21(23)24)9-8-20(18)27;1-2/h4-5,12,15,21H,3,6-11,13-14H2,1-2H3;1-2H3. The molecule has 30 heavy (non-hydrogen) atoms. The van der Waals surface area contributed by atoms with Gasteiger partial charge >= 0.3 is 0 Å². The van der Waals surface area contributed by atoms with E-state index in [1.54, 1.807) is 0 Å². The first-order valence-corrected chi connectivity index (χ1v) is 11.4. The summed E-state index contributed by atoms with van der Waals surface area (Å²) in [6, 6.07) is 5.96. The van der Waals surface area contributed by atoms with Crippen molar-refractivity contribution in [3.05, 3.63) is 35.0 Å². The SMILES string of the molecule is CC.CCn1c2c(c3cc(C(=O)N4CCC(C)CC4)ccc31)CN(CC(F)F)CC2. The van der Waals surface area contributed by atoms with Crippen LogP contribution in [0.15, 0.2) is 18.2 Å². The zero-order chi connectivity index (χ0) is 21.8. The Kier molecular flexibility index (Phi) is 7.50. The minimum absolute atomic E-state index is 0.0899. The van der Waals surface area contributed by atoms with Gasteiger partial charge in [0.15, 0.2) is 0 Å². The summed E-state index contributed by atoms with van der Waals surface area (Å²) in [5.74, 6) is 0.769. The molecule has 6 heteroatoms. The van der Waals surface area contributed by atoms with Gasteiger partial charge in [0.1, 0.15) is 0 Å². The molecule has 0 unspecified atom stereocenters. The van der Waals surface area contributed by atoms with Crippen molar-refractivity contribution in [2.45, 2.75) is 66.5 Å². The van der Waals surface area contributed by atoms with Crippen LogP contribution in [0.25, 0.3) is 10.9 Å². The molecule has 4 rings (SSSR count). The van der Waals surface area contributed by atoms with Gasteiger partial charge in [-0.25, -0.2) is 8.78 Å². The average Bonchev–Trinajstić information content (AvgIpc) is 3.07. The zero-order valence-electron chi connectivity index (χ0n) is 18.8. The Labute approximate surface area is 178 Å². The van der Waals surface area contributed by atoms with Gasteiger partial charge in [-0.2, -0.15) is 0 Å². The van der Waals surface area contributed by atoms with Crippen LogP contribution in [0.1, 0.15) is 62.2 Å². The third-order valence-corrected chi connectivity index (χ3v) is 6.36. The van der Waals surface area contributed by atoms with Crippen molar-refractivity contribution in [1.82, 2.24) is 14.4 Å². The molecule has 1 saturated heterocycles. The van der Waals surface area contributed by atoms with Crippen molar-refractivity contribution in [2.24, 2.45) is 5.92 Å². The number of benzene rings is 1. The minimum atomic E-state index is -2.32. The number of rotatable bonds is 4. The third kappa shape index (κ3) is 4.53. The van der Waals surface area contributed by atoms with Gasteiger partial charge in [-0.1, -0.05) is 20.8 Å². The summed E-state index contributed by atoms with van der Waals surface area (Å²) in [5, 5.41) is 1.05. The van der Waals surface area contributed by atoms with Crippen LogP contribution >= 0.6 is 0 Å². The highest BCUT2D eigenvalue weighted by Crippen LogP contribution is 2.32. The Balaban J connectivity index is 0.00000124. The first kappa shape index (κ1) is 22.7. The maximum absolute atomic E-state index is 13.0. The minimum Gasteiger partial charge on any atom is -0.344 e. The molecule has 1 amide bonds. The molecular formula is C24H35F2N3O. The number of hydrogen-bond donors (Lipinski definition) is 0. The molecule has 0 atom stereocenters. The number of carbonyl (C=O) groups excluding carboxylic acids is 1. The fourth-order valence-electron chi connectivity index (χ4n) is 4.75. The van der Waals surface area contributed by atoms with Gasteiger partial charge in [-0.05, 0) is 49.4 Å². The van der Waals surface area contributed by atoms with Crippen LogP contribution in [-0.2, 0) is 19.5 Å². The number of hydrogen-bond acceptors (Lipinski definition) is 2. The number of carbonyl (C=O) groups is 1. The predicted octanol–water partition coefficient (Wildman–Crippen LogP) is 5.18. The summed E-state index contributed by atoms with van der Waals surface area (Å²) < 4.78 is 28.1. The molecule has 0 N–H and O–H groups in total. The van der Waals surface area contributed by atoms with Crippen LogP contribution in [-0.4, -0.2) is 52.9 Å². The first-order chi connectivity index (χ1) is 14.5. The molecule has 0 aliphatic carbocycles. The van der Waals surface area contributed by atoms with Gasteiger partial charge in [0, 0.05) is 61.3 Å². The highest BCUT2D eigenvalue weighted by atomic mass is 19.3. The van der Waals surface area contributed by atoms with E-state index in [-0.39, 0.29) is 12.5 Å². The van der Waals surface area contributed by atoms with E-state index >= 15 is 0 Å². The number of halogens is 2. The second kappa shape index (κ2) is 9.90. The number of piperidine rings is 1. The largest absolute Gasteiger partial charge is 0.344 e. The molecule has 0 radical (unpaired) electrons. The van der Waals surface area contributed by atoms with Crippen LogP contribution in [0.2, 0.25) is 0 Å². The molecule has 2 aliphatic heterocycles. The Morgan fingerprint density at radius 3 is 2.50 bits per heavy atom. The number of fused-ring (bicyclic) bond motifs is 3. The van der Waals surface area contributed by atoms with Crippen LogP contribution in [0.4, 0.5) is 8.78 Å². The van der Waals surface area contributed by atoms with Crippen LogP contribution in [0.5, 0.6) is 0 Å². The molecule has 2 aromatic rings. The van der Waals surface area contributed by atoms with E-state index in [0.717, 1.165) is 55.4 Å². The van der Waals surface area contributed by atoms with Gasteiger partial charge < -0.3 is 9.47 Å². The number of nitrogens with zero attached hydrogens (tertiary/aromatic N) is 3. The maximum Gasteiger partial charge on any atom is 0.253 e. The van der Waals surface area contributed by atoms with Crippen LogP contribution in [0.3, 0.4) is 0 Å². The zero-order valence-corrected chi connectivity index (χ0v) is 18.8. The summed E-state index contributed by atoms with van der Waals surface area (Å²) in [5.41, 5.74) is 4.17. The maximum atomic E-state index is 13.0. The fraction of sp³-hybridized carbons (Fsp3) is 0.625. The lowest BCUT2D eigenvalue weighted by atomic mass is 9.98. The highest BCUT2D eigenvalue weighted by molar-refractivity contribution is 5.99. The summed E-state index contributed by atoms with van der Waals surface area (Å²) >= 11 is 0. The van der Waals surface area contributed by atoms with Crippen molar-refractivity contribution < 1.29 is 13.6 Å². The number of alkyl halides is 2. The summed E-state index contributed by atoms with van der Waals surface area (Å²) in [6.45, 7) is 11.8. The van der Waals surface area contributed by atoms with E-state index in [9.17, 15) is 13.6 Å². The van der Waals surface area contributed by atoms with Crippen molar-refractivity contribution in [2.75, 3.05) is 26.2 Å². The molecule has 3 heterocycles. The van der Waals surface area contributed by atoms with E-state index in [1.807, 2.05) is 41.8 Å². The predicted molar refractivity (Wildman–Crippen MR) is 118 cm³/mol. The lowest BCUT2D eigenvalue weighted by Crippen LogP contribution is -2.37. The first-order valence-electron chi connectivity index (χ1n) is 11.4. The molecule has 1 aromatic heterocycles. The molecule has 0 saturated carbocycles. The quantitative estimate of drug-likeness (QED) is 0.683. The molecule has 0 spiro atoms. The van der Waals surface area contributed by atoms with E-state index in [1.165, 1.54) is 5.69 Å². The second-order valence-electron chi connectivity index (χ2n) is 8.25. The molecule has 1 fully saturated rings. The lowest BCUT2D eigenvalue weighted by molar-refractivity contribution is 0.0697. The number of aromatic nitrogens is 1. The Hall–Kier alpha value is -1.95. The van der Waals surface area contributed by atoms with E-state index in [4.69, 9.17) is 0 Å². The molecule has 166 valence electrons. The van der Waals surface area contributed by atoms with Gasteiger partial charge in [0.25, 0.3) is 12.3 Å². The summed E-state index contributed by atoms with van der Waals surface area (Å²) in [4.78, 5) is 16.8. The lowest BCUT2D eigenvalue weighted by Gasteiger charge is -2.30. The average molecular weight is 420 g/mol. The van der Waals surface area contributed by atoms with Crippen molar-refractivity contribution in [3.63, 3.8) is 0 Å². The van der Waals surface area contributed by atoms with E-state index in [2.05, 4.69) is 18.4 Å². The smallest absolute Gasteiger partial charge is 0.253 e. The summed E-state index contributed by atoms with van der Waals surface area (Å²) in [6.07, 6.45) is 0.563. The topological polar surface area (TPSA) is 28.5 Å². The molecule has 4 nitrogen and oxygen atoms in total. The molecule has 1 aromatic carbocycles.